The molecule has 0 aliphatic carbocycles. The highest BCUT2D eigenvalue weighted by molar-refractivity contribution is 6.07. The molecule has 3 nitrogen and oxygen atoms in total. The third kappa shape index (κ3) is 1.73. The number of rotatable bonds is 1. The first-order valence-electron chi connectivity index (χ1n) is 5.41. The molecular formula is C13H15NO2. The van der Waals surface area contributed by atoms with Crippen molar-refractivity contribution in [2.75, 3.05) is 0 Å². The number of nitrogens with one attached hydrogen (secondary N) is 1. The molecule has 0 spiro atoms. The molecule has 3 heteroatoms. The van der Waals surface area contributed by atoms with Crippen LogP contribution < -0.4 is 5.32 Å². The predicted molar refractivity (Wildman–Crippen MR) is 60.7 cm³/mol. The van der Waals surface area contributed by atoms with Gasteiger partial charge >= 0.3 is 0 Å². The summed E-state index contributed by atoms with van der Waals surface area (Å²) < 4.78 is 0. The Morgan fingerprint density at radius 2 is 1.81 bits per heavy atom. The Morgan fingerprint density at radius 1 is 1.19 bits per heavy atom. The summed E-state index contributed by atoms with van der Waals surface area (Å²) in [5, 5.41) is 2.89. The van der Waals surface area contributed by atoms with Crippen LogP contribution in [0.1, 0.15) is 31.9 Å². The Balaban J connectivity index is 2.24. The molecule has 2 rings (SSSR count). The van der Waals surface area contributed by atoms with Crippen molar-refractivity contribution >= 4 is 11.7 Å². The molecule has 1 aromatic carbocycles. The summed E-state index contributed by atoms with van der Waals surface area (Å²) in [6.07, 6.45) is 0.378. The predicted octanol–water partition coefficient (Wildman–Crippen LogP) is 1.84. The van der Waals surface area contributed by atoms with Gasteiger partial charge in [0.1, 0.15) is 11.2 Å². The van der Waals surface area contributed by atoms with Gasteiger partial charge in [0.05, 0.1) is 6.04 Å². The molecule has 0 aromatic heterocycles. The van der Waals surface area contributed by atoms with Crippen LogP contribution in [0.4, 0.5) is 0 Å². The molecule has 1 heterocycles. The van der Waals surface area contributed by atoms with E-state index in [2.05, 4.69) is 5.32 Å². The van der Waals surface area contributed by atoms with E-state index < -0.39 is 5.41 Å². The van der Waals surface area contributed by atoms with Crippen LogP contribution in [0, 0.1) is 5.41 Å². The molecular weight excluding hydrogens is 202 g/mol. The number of Topliss-reactive ketones (excluding diaryl/α,β-unsaturated/α-hetero) is 1. The lowest BCUT2D eigenvalue weighted by Crippen LogP contribution is -2.50. The van der Waals surface area contributed by atoms with Gasteiger partial charge in [0.15, 0.2) is 0 Å². The molecule has 1 aliphatic heterocycles. The average molecular weight is 217 g/mol. The third-order valence-electron chi connectivity index (χ3n) is 3.16. The van der Waals surface area contributed by atoms with E-state index in [0.717, 1.165) is 5.56 Å². The van der Waals surface area contributed by atoms with Gasteiger partial charge in [-0.15, -0.1) is 0 Å². The van der Waals surface area contributed by atoms with Gasteiger partial charge in [-0.3, -0.25) is 9.59 Å². The quantitative estimate of drug-likeness (QED) is 0.730. The second-order valence-corrected chi connectivity index (χ2v) is 4.69. The lowest BCUT2D eigenvalue weighted by atomic mass is 9.79. The number of benzene rings is 1. The van der Waals surface area contributed by atoms with Gasteiger partial charge in [0.2, 0.25) is 5.91 Å². The molecule has 1 N–H and O–H groups in total. The number of hydrogen-bond donors (Lipinski definition) is 1. The number of amides is 1. The van der Waals surface area contributed by atoms with Crippen molar-refractivity contribution in [2.24, 2.45) is 5.41 Å². The average Bonchev–Trinajstić information content (AvgIpc) is 2.27. The minimum atomic E-state index is -0.884. The molecule has 0 radical (unpaired) electrons. The van der Waals surface area contributed by atoms with Crippen LogP contribution in [0.25, 0.3) is 0 Å². The van der Waals surface area contributed by atoms with E-state index in [1.54, 1.807) is 13.8 Å². The first-order valence-corrected chi connectivity index (χ1v) is 5.41. The first-order chi connectivity index (χ1) is 7.51. The van der Waals surface area contributed by atoms with E-state index in [-0.39, 0.29) is 17.7 Å². The third-order valence-corrected chi connectivity index (χ3v) is 3.16. The molecule has 1 amide bonds. The number of hydrogen-bond acceptors (Lipinski definition) is 2. The highest BCUT2D eigenvalue weighted by Gasteiger charge is 2.42. The van der Waals surface area contributed by atoms with Crippen LogP contribution in [-0.4, -0.2) is 11.7 Å². The van der Waals surface area contributed by atoms with Crippen LogP contribution in [0.5, 0.6) is 0 Å². The van der Waals surface area contributed by atoms with Crippen molar-refractivity contribution < 1.29 is 9.59 Å². The number of piperidine rings is 1. The SMILES string of the molecule is CC1(C)C(=O)CC(c2ccccc2)NC1=O. The number of carbonyl (C=O) groups excluding carboxylic acids is 2. The molecule has 1 fully saturated rings. The molecule has 0 saturated carbocycles. The zero-order valence-corrected chi connectivity index (χ0v) is 9.49. The topological polar surface area (TPSA) is 46.2 Å². The normalized spacial score (nSPS) is 24.0. The van der Waals surface area contributed by atoms with Crippen molar-refractivity contribution in [1.82, 2.24) is 5.32 Å². The zero-order chi connectivity index (χ0) is 11.8. The molecule has 84 valence electrons. The van der Waals surface area contributed by atoms with Gasteiger partial charge in [-0.05, 0) is 19.4 Å². The smallest absolute Gasteiger partial charge is 0.233 e. The Morgan fingerprint density at radius 3 is 2.38 bits per heavy atom. The molecule has 1 unspecified atom stereocenters. The van der Waals surface area contributed by atoms with E-state index in [1.165, 1.54) is 0 Å². The maximum absolute atomic E-state index is 11.8. The fourth-order valence-corrected chi connectivity index (χ4v) is 1.84. The maximum Gasteiger partial charge on any atom is 0.233 e. The van der Waals surface area contributed by atoms with Crippen LogP contribution in [0.3, 0.4) is 0 Å². The second kappa shape index (κ2) is 3.74. The molecule has 1 atom stereocenters. The maximum atomic E-state index is 11.8. The van der Waals surface area contributed by atoms with E-state index in [4.69, 9.17) is 0 Å². The van der Waals surface area contributed by atoms with Gasteiger partial charge in [-0.25, -0.2) is 0 Å². The van der Waals surface area contributed by atoms with Crippen molar-refractivity contribution in [3.63, 3.8) is 0 Å². The summed E-state index contributed by atoms with van der Waals surface area (Å²) in [6, 6.07) is 9.42. The fourth-order valence-electron chi connectivity index (χ4n) is 1.84. The van der Waals surface area contributed by atoms with E-state index in [1.807, 2.05) is 30.3 Å². The van der Waals surface area contributed by atoms with Gasteiger partial charge in [-0.2, -0.15) is 0 Å². The summed E-state index contributed by atoms with van der Waals surface area (Å²) >= 11 is 0. The van der Waals surface area contributed by atoms with Crippen LogP contribution in [-0.2, 0) is 9.59 Å². The van der Waals surface area contributed by atoms with Crippen molar-refractivity contribution in [2.45, 2.75) is 26.3 Å². The van der Waals surface area contributed by atoms with Crippen molar-refractivity contribution in [1.29, 1.82) is 0 Å². The Labute approximate surface area is 94.9 Å². The van der Waals surface area contributed by atoms with Crippen molar-refractivity contribution in [3.8, 4) is 0 Å². The summed E-state index contributed by atoms with van der Waals surface area (Å²) in [5.41, 5.74) is 0.102. The fraction of sp³-hybridized carbons (Fsp3) is 0.385. The highest BCUT2D eigenvalue weighted by atomic mass is 16.2. The molecule has 1 aromatic rings. The molecule has 0 bridgehead atoms. The van der Waals surface area contributed by atoms with E-state index in [9.17, 15) is 9.59 Å². The monoisotopic (exact) mass is 217 g/mol. The largest absolute Gasteiger partial charge is 0.348 e. The Kier molecular flexibility index (Phi) is 2.54. The van der Waals surface area contributed by atoms with Crippen LogP contribution in [0.15, 0.2) is 30.3 Å². The summed E-state index contributed by atoms with van der Waals surface area (Å²) in [7, 11) is 0. The van der Waals surface area contributed by atoms with Gasteiger partial charge in [0, 0.05) is 6.42 Å². The van der Waals surface area contributed by atoms with Gasteiger partial charge in [-0.1, -0.05) is 30.3 Å². The molecule has 1 aliphatic rings. The standard InChI is InChI=1S/C13H15NO2/c1-13(2)11(15)8-10(14-12(13)16)9-6-4-3-5-7-9/h3-7,10H,8H2,1-2H3,(H,14,16). The van der Waals surface area contributed by atoms with Gasteiger partial charge < -0.3 is 5.32 Å². The van der Waals surface area contributed by atoms with Crippen molar-refractivity contribution in [3.05, 3.63) is 35.9 Å². The number of carbonyl (C=O) groups is 2. The molecule has 16 heavy (non-hydrogen) atoms. The second-order valence-electron chi connectivity index (χ2n) is 4.69. The first kappa shape index (κ1) is 10.9. The Bertz CT molecular complexity index is 403. The minimum absolute atomic E-state index is 0.00473. The summed E-state index contributed by atoms with van der Waals surface area (Å²) in [5.74, 6) is -0.178. The van der Waals surface area contributed by atoms with Crippen LogP contribution in [0.2, 0.25) is 0 Å². The zero-order valence-electron chi connectivity index (χ0n) is 9.49. The lowest BCUT2D eigenvalue weighted by Gasteiger charge is -2.33. The van der Waals surface area contributed by atoms with Gasteiger partial charge in [0.25, 0.3) is 0 Å². The summed E-state index contributed by atoms with van der Waals surface area (Å²) in [4.78, 5) is 23.6. The lowest BCUT2D eigenvalue weighted by molar-refractivity contribution is -0.144. The van der Waals surface area contributed by atoms with E-state index in [0.29, 0.717) is 6.42 Å². The molecule has 1 saturated heterocycles. The highest BCUT2D eigenvalue weighted by Crippen LogP contribution is 2.30. The number of ketones is 1. The van der Waals surface area contributed by atoms with E-state index >= 15 is 0 Å². The minimum Gasteiger partial charge on any atom is -0.348 e. The summed E-state index contributed by atoms with van der Waals surface area (Å²) in [6.45, 7) is 3.34. The Hall–Kier alpha value is -1.64. The van der Waals surface area contributed by atoms with Crippen LogP contribution >= 0.6 is 0 Å².